The number of alkyl halides is 1. The van der Waals surface area contributed by atoms with Crippen LogP contribution >= 0.6 is 11.6 Å². The Morgan fingerprint density at radius 3 is 2.51 bits per heavy atom. The van der Waals surface area contributed by atoms with Gasteiger partial charge in [0, 0.05) is 76.0 Å². The first-order valence-corrected chi connectivity index (χ1v) is 13.8. The minimum absolute atomic E-state index is 0.0700. The van der Waals surface area contributed by atoms with Gasteiger partial charge in [0.15, 0.2) is 0 Å². The predicted octanol–water partition coefficient (Wildman–Crippen LogP) is 2.29. The molecule has 0 spiro atoms. The normalized spacial score (nSPS) is 25.1. The summed E-state index contributed by atoms with van der Waals surface area (Å²) in [5, 5.41) is 1.45. The van der Waals surface area contributed by atoms with Gasteiger partial charge in [-0.05, 0) is 24.6 Å². The summed E-state index contributed by atoms with van der Waals surface area (Å²) < 4.78 is 26.8. The van der Waals surface area contributed by atoms with Crippen molar-refractivity contribution in [1.82, 2.24) is 19.5 Å². The number of nitrogens with zero attached hydrogens (tertiary/aromatic N) is 4. The molecular weight excluding hydrogens is 486 g/mol. The third-order valence-electron chi connectivity index (χ3n) is 6.62. The first kappa shape index (κ1) is 25.6. The number of rotatable bonds is 8. The molecule has 3 atom stereocenters. The lowest BCUT2D eigenvalue weighted by Crippen LogP contribution is -2.50. The molecule has 4 rings (SSSR count). The number of halogens is 1. The Labute approximate surface area is 212 Å². The molecule has 35 heavy (non-hydrogen) atoms. The summed E-state index contributed by atoms with van der Waals surface area (Å²) in [6, 6.07) is 4.40. The molecule has 3 unspecified atom stereocenters. The smallest absolute Gasteiger partial charge is 0.225 e. The van der Waals surface area contributed by atoms with E-state index in [2.05, 4.69) is 26.2 Å². The molecule has 2 aliphatic carbocycles. The van der Waals surface area contributed by atoms with Crippen LogP contribution in [0.3, 0.4) is 0 Å². The van der Waals surface area contributed by atoms with Crippen LogP contribution in [-0.2, 0) is 14.8 Å². The third-order valence-corrected chi connectivity index (χ3v) is 9.38. The molecule has 0 bridgehead atoms. The Hall–Kier alpha value is -2.46. The van der Waals surface area contributed by atoms with Gasteiger partial charge < -0.3 is 10.2 Å². The van der Waals surface area contributed by atoms with Crippen molar-refractivity contribution in [2.24, 2.45) is 0 Å². The van der Waals surface area contributed by atoms with Crippen molar-refractivity contribution >= 4 is 33.2 Å². The zero-order chi connectivity index (χ0) is 24.8. The van der Waals surface area contributed by atoms with E-state index in [1.54, 1.807) is 24.3 Å². The molecule has 0 radical (unpaired) electrons. The number of allylic oxidation sites excluding steroid dienone is 4. The van der Waals surface area contributed by atoms with Gasteiger partial charge in [0.25, 0.3) is 0 Å². The van der Waals surface area contributed by atoms with Crippen molar-refractivity contribution in [2.75, 3.05) is 44.7 Å². The summed E-state index contributed by atoms with van der Waals surface area (Å²) >= 11 is 6.16. The number of sulfonamides is 1. The van der Waals surface area contributed by atoms with Gasteiger partial charge in [-0.25, -0.2) is 12.7 Å². The minimum Gasteiger partial charge on any atom is -0.369 e. The average Bonchev–Trinajstić information content (AvgIpc) is 2.88. The molecule has 10 heteroatoms. The van der Waals surface area contributed by atoms with E-state index in [1.165, 1.54) is 17.0 Å². The van der Waals surface area contributed by atoms with Crippen LogP contribution in [0.25, 0.3) is 0 Å². The van der Waals surface area contributed by atoms with Crippen LogP contribution in [-0.4, -0.2) is 85.0 Å². The monoisotopic (exact) mass is 517 g/mol. The van der Waals surface area contributed by atoms with Gasteiger partial charge in [-0.3, -0.25) is 14.7 Å². The van der Waals surface area contributed by atoms with Crippen LogP contribution in [0, 0.1) is 0 Å². The molecule has 1 aromatic rings. The van der Waals surface area contributed by atoms with Crippen LogP contribution in [0.4, 0.5) is 5.69 Å². The lowest BCUT2D eigenvalue weighted by Gasteiger charge is -2.39. The largest absolute Gasteiger partial charge is 0.369 e. The molecule has 1 aromatic heterocycles. The fourth-order valence-electron chi connectivity index (χ4n) is 4.48. The maximum absolute atomic E-state index is 12.8. The second-order valence-electron chi connectivity index (χ2n) is 8.89. The second kappa shape index (κ2) is 11.5. The highest BCUT2D eigenvalue weighted by Crippen LogP contribution is 2.22. The Kier molecular flexibility index (Phi) is 8.43. The van der Waals surface area contributed by atoms with Crippen molar-refractivity contribution < 1.29 is 13.2 Å². The fourth-order valence-corrected chi connectivity index (χ4v) is 6.51. The van der Waals surface area contributed by atoms with Crippen LogP contribution in [0.2, 0.25) is 0 Å². The van der Waals surface area contributed by atoms with Crippen LogP contribution in [0.15, 0.2) is 72.8 Å². The van der Waals surface area contributed by atoms with E-state index in [0.717, 1.165) is 38.3 Å². The number of piperazine rings is 1. The van der Waals surface area contributed by atoms with Gasteiger partial charge in [0.2, 0.25) is 15.9 Å². The van der Waals surface area contributed by atoms with E-state index < -0.39 is 20.7 Å². The number of carbonyl (C=O) groups excluding carboxylic acids is 1. The van der Waals surface area contributed by atoms with E-state index in [1.807, 2.05) is 36.7 Å². The van der Waals surface area contributed by atoms with Crippen LogP contribution in [0.5, 0.6) is 0 Å². The number of pyridine rings is 1. The van der Waals surface area contributed by atoms with Crippen molar-refractivity contribution in [3.63, 3.8) is 0 Å². The molecule has 8 nitrogen and oxygen atoms in total. The lowest BCUT2D eigenvalue weighted by atomic mass is 10.0. The van der Waals surface area contributed by atoms with Gasteiger partial charge in [0.1, 0.15) is 5.25 Å². The van der Waals surface area contributed by atoms with Crippen molar-refractivity contribution in [3.8, 4) is 0 Å². The summed E-state index contributed by atoms with van der Waals surface area (Å²) in [5.74, 6) is -0.214. The zero-order valence-corrected chi connectivity index (χ0v) is 21.4. The minimum atomic E-state index is -3.64. The summed E-state index contributed by atoms with van der Waals surface area (Å²) in [6.07, 6.45) is 17.3. The molecular formula is C25H32ClN5O3S. The number of amides is 1. The van der Waals surface area contributed by atoms with Gasteiger partial charge >= 0.3 is 0 Å². The molecule has 1 fully saturated rings. The Bertz CT molecular complexity index is 1110. The van der Waals surface area contributed by atoms with Crippen molar-refractivity contribution in [3.05, 3.63) is 72.8 Å². The third kappa shape index (κ3) is 6.41. The van der Waals surface area contributed by atoms with Gasteiger partial charge in [-0.2, -0.15) is 0 Å². The first-order chi connectivity index (χ1) is 16.8. The molecule has 1 aliphatic heterocycles. The summed E-state index contributed by atoms with van der Waals surface area (Å²) in [7, 11) is -2.16. The van der Waals surface area contributed by atoms with Crippen molar-refractivity contribution in [2.45, 2.75) is 29.5 Å². The number of nitrogens with one attached hydrogen (secondary N) is 1. The molecule has 3 aliphatic rings. The molecule has 0 aromatic carbocycles. The standard InChI is InChI=1S/C25H32ClN5O3S/c1-29(35(33,34)24-5-3-2-4-23(24)26)15-12-25(32)28-20-6-8-21(9-7-20)30-16-18-31(19-17-30)22-10-13-27-14-11-22/h2-8,10-11,13-14,21,23-24H,9,12,15-19H2,1H3,(H,28,32). The zero-order valence-electron chi connectivity index (χ0n) is 19.8. The van der Waals surface area contributed by atoms with Crippen LogP contribution in [0.1, 0.15) is 12.8 Å². The highest BCUT2D eigenvalue weighted by molar-refractivity contribution is 7.90. The Morgan fingerprint density at radius 1 is 1.14 bits per heavy atom. The average molecular weight is 518 g/mol. The Morgan fingerprint density at radius 2 is 1.86 bits per heavy atom. The van der Waals surface area contributed by atoms with E-state index in [-0.39, 0.29) is 18.9 Å². The second-order valence-corrected chi connectivity index (χ2v) is 11.6. The number of aromatic nitrogens is 1. The first-order valence-electron chi connectivity index (χ1n) is 11.9. The van der Waals surface area contributed by atoms with E-state index in [9.17, 15) is 13.2 Å². The fraction of sp³-hybridized carbons (Fsp3) is 0.440. The molecule has 1 amide bonds. The van der Waals surface area contributed by atoms with E-state index in [4.69, 9.17) is 11.6 Å². The molecule has 0 saturated carbocycles. The SMILES string of the molecule is CN(CCC(=O)NC1=CCC(N2CCN(c3ccncc3)CC2)C=C1)S(=O)(=O)C1C=CC=CC1Cl. The van der Waals surface area contributed by atoms with E-state index >= 15 is 0 Å². The topological polar surface area (TPSA) is 85.8 Å². The van der Waals surface area contributed by atoms with Crippen molar-refractivity contribution in [1.29, 1.82) is 0 Å². The summed E-state index contributed by atoms with van der Waals surface area (Å²) in [6.45, 7) is 3.98. The lowest BCUT2D eigenvalue weighted by molar-refractivity contribution is -0.120. The van der Waals surface area contributed by atoms with Gasteiger partial charge in [-0.1, -0.05) is 36.5 Å². The van der Waals surface area contributed by atoms with Crippen LogP contribution < -0.4 is 10.2 Å². The predicted molar refractivity (Wildman–Crippen MR) is 140 cm³/mol. The Balaban J connectivity index is 1.20. The molecule has 2 heterocycles. The molecule has 188 valence electrons. The van der Waals surface area contributed by atoms with Gasteiger partial charge in [0.05, 0.1) is 5.38 Å². The number of carbonyl (C=O) groups is 1. The highest BCUT2D eigenvalue weighted by Gasteiger charge is 2.33. The number of hydrogen-bond donors (Lipinski definition) is 1. The van der Waals surface area contributed by atoms with Gasteiger partial charge in [-0.15, -0.1) is 11.6 Å². The maximum Gasteiger partial charge on any atom is 0.225 e. The molecule has 1 N–H and O–H groups in total. The highest BCUT2D eigenvalue weighted by atomic mass is 35.5. The summed E-state index contributed by atoms with van der Waals surface area (Å²) in [4.78, 5) is 21.4. The maximum atomic E-state index is 12.8. The quantitative estimate of drug-likeness (QED) is 0.532. The molecule has 1 saturated heterocycles. The summed E-state index contributed by atoms with van der Waals surface area (Å²) in [5.41, 5.74) is 1.96. The number of anilines is 1. The number of hydrogen-bond acceptors (Lipinski definition) is 6. The van der Waals surface area contributed by atoms with E-state index in [0.29, 0.717) is 6.04 Å².